The minimum absolute atomic E-state index is 0.0184. The number of carbonyl (C=O) groups is 4. The minimum atomic E-state index is -1.43. The van der Waals surface area contributed by atoms with Gasteiger partial charge in [-0.25, -0.2) is 9.86 Å². The number of rotatable bonds is 4. The summed E-state index contributed by atoms with van der Waals surface area (Å²) in [7, 11) is 1.66. The lowest BCUT2D eigenvalue weighted by molar-refractivity contribution is -0.234. The van der Waals surface area contributed by atoms with Gasteiger partial charge in [0.05, 0.1) is 12.6 Å². The summed E-state index contributed by atoms with van der Waals surface area (Å²) in [6.07, 6.45) is 7.02. The molecule has 1 heterocycles. The zero-order valence-corrected chi connectivity index (χ0v) is 24.0. The molecule has 9 heteroatoms. The molecule has 0 unspecified atom stereocenters. The van der Waals surface area contributed by atoms with Crippen LogP contribution in [0.5, 0.6) is 0 Å². The molecule has 6 rings (SSSR count). The van der Waals surface area contributed by atoms with Gasteiger partial charge in [-0.1, -0.05) is 43.7 Å². The summed E-state index contributed by atoms with van der Waals surface area (Å²) in [5.41, 5.74) is -0.921. The van der Waals surface area contributed by atoms with Gasteiger partial charge in [-0.2, -0.15) is 0 Å². The predicted octanol–water partition coefficient (Wildman–Crippen LogP) is 3.87. The van der Waals surface area contributed by atoms with E-state index in [0.717, 1.165) is 18.4 Å². The van der Waals surface area contributed by atoms with Gasteiger partial charge < -0.3 is 9.84 Å². The Morgan fingerprint density at radius 3 is 2.63 bits per heavy atom. The molecule has 218 valence electrons. The number of fused-ring (bicyclic) bond motifs is 7. The number of aliphatic hydroxyl groups is 1. The molecule has 0 bridgehead atoms. The average molecular weight is 563 g/mol. The average Bonchev–Trinajstić information content (AvgIpc) is 3.44. The maximum absolute atomic E-state index is 14.1. The van der Waals surface area contributed by atoms with E-state index in [1.807, 2.05) is 43.3 Å². The number of nitrogens with zero attached hydrogens (tertiary/aromatic N) is 2. The summed E-state index contributed by atoms with van der Waals surface area (Å²) in [5, 5.41) is 13.1. The third-order valence-electron chi connectivity index (χ3n) is 11.0. The van der Waals surface area contributed by atoms with Crippen LogP contribution in [0.2, 0.25) is 0 Å². The number of para-hydroxylation sites is 1. The smallest absolute Gasteiger partial charge is 0.348 e. The largest absolute Gasteiger partial charge is 0.458 e. The van der Waals surface area contributed by atoms with Gasteiger partial charge in [0.1, 0.15) is 0 Å². The molecule has 5 aliphatic rings. The monoisotopic (exact) mass is 562 g/mol. The highest BCUT2D eigenvalue weighted by molar-refractivity contribution is 6.01. The molecule has 1 saturated heterocycles. The van der Waals surface area contributed by atoms with Crippen molar-refractivity contribution in [1.29, 1.82) is 0 Å². The molecule has 1 aliphatic heterocycles. The van der Waals surface area contributed by atoms with Crippen LogP contribution in [0.3, 0.4) is 0 Å². The first kappa shape index (κ1) is 27.8. The number of amides is 2. The molecule has 9 nitrogen and oxygen atoms in total. The molecular weight excluding hydrogens is 524 g/mol. The second-order valence-corrected chi connectivity index (χ2v) is 12.9. The number of allylic oxidation sites excluding steroid dienone is 4. The van der Waals surface area contributed by atoms with Crippen molar-refractivity contribution in [2.24, 2.45) is 34.5 Å². The van der Waals surface area contributed by atoms with Gasteiger partial charge in [0.15, 0.2) is 18.0 Å². The second kappa shape index (κ2) is 9.63. The predicted molar refractivity (Wildman–Crippen MR) is 149 cm³/mol. The molecule has 1 N–H and O–H groups in total. The number of esters is 1. The van der Waals surface area contributed by atoms with Gasteiger partial charge in [0.2, 0.25) is 5.78 Å². The first-order valence-corrected chi connectivity index (χ1v) is 14.5. The van der Waals surface area contributed by atoms with Crippen LogP contribution < -0.4 is 4.90 Å². The van der Waals surface area contributed by atoms with E-state index < -0.39 is 41.1 Å². The first-order valence-electron chi connectivity index (χ1n) is 14.5. The zero-order valence-electron chi connectivity index (χ0n) is 24.0. The van der Waals surface area contributed by atoms with E-state index in [0.29, 0.717) is 18.5 Å². The Morgan fingerprint density at radius 1 is 1.20 bits per heavy atom. The quantitative estimate of drug-likeness (QED) is 0.555. The number of ketones is 2. The summed E-state index contributed by atoms with van der Waals surface area (Å²) < 4.78 is 5.19. The van der Waals surface area contributed by atoms with E-state index >= 15 is 0 Å². The van der Waals surface area contributed by atoms with Crippen LogP contribution in [0.15, 0.2) is 54.1 Å². The molecule has 0 spiro atoms. The molecule has 0 aromatic heterocycles. The lowest BCUT2D eigenvalue weighted by Crippen LogP contribution is -2.63. The van der Waals surface area contributed by atoms with Crippen molar-refractivity contribution in [2.45, 2.75) is 58.2 Å². The van der Waals surface area contributed by atoms with Gasteiger partial charge in [-0.3, -0.25) is 24.1 Å². The Labute approximate surface area is 240 Å². The fourth-order valence-corrected chi connectivity index (χ4v) is 9.18. The van der Waals surface area contributed by atoms with Crippen LogP contribution in [0.25, 0.3) is 0 Å². The van der Waals surface area contributed by atoms with Crippen molar-refractivity contribution in [2.75, 3.05) is 25.1 Å². The summed E-state index contributed by atoms with van der Waals surface area (Å²) in [5.74, 6) is -1.27. The van der Waals surface area contributed by atoms with Gasteiger partial charge in [-0.15, -0.1) is 0 Å². The first-order chi connectivity index (χ1) is 19.4. The van der Waals surface area contributed by atoms with Gasteiger partial charge in [0.25, 0.3) is 0 Å². The lowest BCUT2D eigenvalue weighted by atomic mass is 9.46. The van der Waals surface area contributed by atoms with E-state index in [9.17, 15) is 24.3 Å². The fraction of sp³-hybridized carbons (Fsp3) is 0.562. The van der Waals surface area contributed by atoms with Crippen molar-refractivity contribution in [3.8, 4) is 0 Å². The van der Waals surface area contributed by atoms with Crippen LogP contribution in [0.1, 0.15) is 46.5 Å². The number of hydroxylamine groups is 2. The number of ether oxygens (including phenoxy) is 1. The van der Waals surface area contributed by atoms with Gasteiger partial charge >= 0.3 is 12.0 Å². The molecule has 41 heavy (non-hydrogen) atoms. The fourth-order valence-electron chi connectivity index (χ4n) is 9.18. The topological polar surface area (TPSA) is 113 Å². The molecular formula is C32H38N2O7. The van der Waals surface area contributed by atoms with Gasteiger partial charge in [0, 0.05) is 42.3 Å². The van der Waals surface area contributed by atoms with Crippen LogP contribution in [0.4, 0.5) is 10.5 Å². The molecule has 0 radical (unpaired) electrons. The maximum Gasteiger partial charge on any atom is 0.348 e. The summed E-state index contributed by atoms with van der Waals surface area (Å²) in [4.78, 5) is 59.7. The lowest BCUT2D eigenvalue weighted by Gasteiger charge is -2.59. The van der Waals surface area contributed by atoms with Crippen LogP contribution >= 0.6 is 0 Å². The third-order valence-corrected chi connectivity index (χ3v) is 11.0. The zero-order chi connectivity index (χ0) is 29.3. The molecule has 1 aromatic carbocycles. The van der Waals surface area contributed by atoms with E-state index in [-0.39, 0.29) is 41.8 Å². The number of anilines is 1. The summed E-state index contributed by atoms with van der Waals surface area (Å²) >= 11 is 0. The number of carbonyl (C=O) groups excluding carboxylic acids is 4. The van der Waals surface area contributed by atoms with E-state index in [2.05, 4.69) is 6.92 Å². The number of benzene rings is 1. The number of hydrogen-bond donors (Lipinski definition) is 1. The van der Waals surface area contributed by atoms with Gasteiger partial charge in [-0.05, 0) is 61.8 Å². The number of urea groups is 1. The molecule has 4 aliphatic carbocycles. The molecule has 2 amide bonds. The highest BCUT2D eigenvalue weighted by Crippen LogP contribution is 2.70. The normalized spacial score (nSPS) is 38.8. The van der Waals surface area contributed by atoms with Crippen molar-refractivity contribution < 1.29 is 33.9 Å². The van der Waals surface area contributed by atoms with E-state index in [1.54, 1.807) is 19.2 Å². The van der Waals surface area contributed by atoms with Crippen molar-refractivity contribution in [3.05, 3.63) is 54.1 Å². The number of Topliss-reactive ketones (excluding diaryl/α,β-unsaturated/α-hetero) is 1. The van der Waals surface area contributed by atoms with Crippen LogP contribution in [-0.4, -0.2) is 65.6 Å². The molecule has 4 fully saturated rings. The van der Waals surface area contributed by atoms with Crippen LogP contribution in [0, 0.1) is 34.5 Å². The van der Waals surface area contributed by atoms with Crippen molar-refractivity contribution >= 4 is 29.3 Å². The minimum Gasteiger partial charge on any atom is -0.458 e. The summed E-state index contributed by atoms with van der Waals surface area (Å²) in [6, 6.07) is 8.82. The Bertz CT molecular complexity index is 1360. The van der Waals surface area contributed by atoms with E-state index in [4.69, 9.17) is 9.57 Å². The highest BCUT2D eigenvalue weighted by atomic mass is 16.7. The second-order valence-electron chi connectivity index (χ2n) is 12.9. The SMILES string of the molecule is CC(=O)OCC(=O)[C@@]12ON(C(=O)N(C)c3ccccc3)C[C@@H]1C[C@H]1[C@@H]3CCC4=CC(=O)C=C[C@]4(C)[C@H]3[C@@H](O)C[C@@]12C. The Hall–Kier alpha value is -3.30. The molecule has 8 atom stereocenters. The van der Waals surface area contributed by atoms with Crippen molar-refractivity contribution in [1.82, 2.24) is 5.06 Å². The number of hydrogen-bond acceptors (Lipinski definition) is 7. The Morgan fingerprint density at radius 2 is 1.93 bits per heavy atom. The maximum atomic E-state index is 14.1. The molecule has 1 aromatic rings. The van der Waals surface area contributed by atoms with Crippen LogP contribution in [-0.2, 0) is 24.0 Å². The highest BCUT2D eigenvalue weighted by Gasteiger charge is 2.76. The van der Waals surface area contributed by atoms with Crippen molar-refractivity contribution in [3.63, 3.8) is 0 Å². The Kier molecular flexibility index (Phi) is 6.54. The standard InChI is InChI=1S/C32H38N2O7/c1-19(35)40-18-27(38)32-21(17-34(41-32)29(39)33(4)22-8-6-5-7-9-22)15-25-24-11-10-20-14-23(36)12-13-30(20,2)28(24)26(37)16-31(25,32)3/h5-9,12-14,21,24-26,28,37H,10-11,15-18H2,1-4H3/t21-,24-,25-,26-,28+,30-,31-,32-/m0/s1. The molecule has 3 saturated carbocycles. The van der Waals surface area contributed by atoms with E-state index in [1.165, 1.54) is 16.9 Å². The summed E-state index contributed by atoms with van der Waals surface area (Å²) in [6.45, 7) is 5.14. The third kappa shape index (κ3) is 3.96. The number of aliphatic hydroxyl groups excluding tert-OH is 1. The Balaban J connectivity index is 1.36.